The minimum atomic E-state index is -0.338. The molecule has 1 atom stereocenters. The highest BCUT2D eigenvalue weighted by atomic mass is 16.1. The van der Waals surface area contributed by atoms with Crippen LogP contribution in [0.2, 0.25) is 0 Å². The molecule has 1 aliphatic carbocycles. The number of fused-ring (bicyclic) bond motifs is 1. The first-order valence-electron chi connectivity index (χ1n) is 6.87. The fourth-order valence-corrected chi connectivity index (χ4v) is 2.49. The van der Waals surface area contributed by atoms with Crippen LogP contribution in [0.4, 0.5) is 0 Å². The molecule has 0 aromatic carbocycles. The quantitative estimate of drug-likeness (QED) is 0.866. The first-order chi connectivity index (χ1) is 9.53. The maximum atomic E-state index is 12.5. The Hall–Kier alpha value is -1.95. The number of nitrogens with one attached hydrogen (secondary N) is 1. The number of carbonyl (C=O) groups excluding carboxylic acids is 1. The van der Waals surface area contributed by atoms with Gasteiger partial charge in [-0.1, -0.05) is 0 Å². The molecule has 6 heteroatoms. The number of nitrogens with zero attached hydrogens (tertiary/aromatic N) is 3. The van der Waals surface area contributed by atoms with Crippen LogP contribution in [-0.4, -0.2) is 32.6 Å². The lowest BCUT2D eigenvalue weighted by Crippen LogP contribution is -2.53. The van der Waals surface area contributed by atoms with E-state index in [1.807, 2.05) is 19.9 Å². The van der Waals surface area contributed by atoms with E-state index in [4.69, 9.17) is 5.73 Å². The van der Waals surface area contributed by atoms with Crippen LogP contribution in [0.25, 0.3) is 5.65 Å². The van der Waals surface area contributed by atoms with Crippen LogP contribution in [0.5, 0.6) is 0 Å². The number of carbonyl (C=O) groups is 1. The van der Waals surface area contributed by atoms with E-state index in [2.05, 4.69) is 15.4 Å². The Morgan fingerprint density at radius 1 is 1.60 bits per heavy atom. The molecule has 1 saturated carbocycles. The Morgan fingerprint density at radius 3 is 3.00 bits per heavy atom. The van der Waals surface area contributed by atoms with Crippen molar-refractivity contribution in [2.75, 3.05) is 6.54 Å². The van der Waals surface area contributed by atoms with Crippen LogP contribution in [0.15, 0.2) is 18.5 Å². The molecule has 0 radical (unpaired) electrons. The van der Waals surface area contributed by atoms with Crippen molar-refractivity contribution in [2.45, 2.75) is 32.2 Å². The summed E-state index contributed by atoms with van der Waals surface area (Å²) < 4.78 is 1.61. The van der Waals surface area contributed by atoms with Crippen molar-refractivity contribution in [1.82, 2.24) is 19.9 Å². The van der Waals surface area contributed by atoms with Gasteiger partial charge in [0.1, 0.15) is 5.56 Å². The normalized spacial score (nSPS) is 17.9. The summed E-state index contributed by atoms with van der Waals surface area (Å²) in [7, 11) is 0. The zero-order valence-corrected chi connectivity index (χ0v) is 11.8. The Bertz CT molecular complexity index is 661. The highest BCUT2D eigenvalue weighted by molar-refractivity contribution is 6.00. The van der Waals surface area contributed by atoms with Crippen LogP contribution in [-0.2, 0) is 0 Å². The molecule has 1 fully saturated rings. The van der Waals surface area contributed by atoms with Gasteiger partial charge in [0.25, 0.3) is 5.91 Å². The van der Waals surface area contributed by atoms with Crippen molar-refractivity contribution in [2.24, 2.45) is 11.7 Å². The SMILES string of the molecule is Cc1ccn2ncc(C(=O)NC(C)(CN)C3CC3)c2n1. The third-order valence-electron chi connectivity index (χ3n) is 4.05. The average Bonchev–Trinajstić information content (AvgIpc) is 3.20. The summed E-state index contributed by atoms with van der Waals surface area (Å²) in [5.41, 5.74) is 7.43. The van der Waals surface area contributed by atoms with Gasteiger partial charge < -0.3 is 11.1 Å². The summed E-state index contributed by atoms with van der Waals surface area (Å²) in [6.07, 6.45) is 5.61. The van der Waals surface area contributed by atoms with E-state index in [-0.39, 0.29) is 11.4 Å². The van der Waals surface area contributed by atoms with Gasteiger partial charge in [0.2, 0.25) is 0 Å². The molecule has 0 aliphatic heterocycles. The summed E-state index contributed by atoms with van der Waals surface area (Å²) in [4.78, 5) is 16.9. The van der Waals surface area contributed by atoms with Crippen LogP contribution in [0.3, 0.4) is 0 Å². The first kappa shape index (κ1) is 13.1. The lowest BCUT2D eigenvalue weighted by Gasteiger charge is -2.29. The van der Waals surface area contributed by atoms with E-state index in [1.54, 1.807) is 16.9 Å². The molecule has 20 heavy (non-hydrogen) atoms. The second kappa shape index (κ2) is 4.56. The molecule has 0 bridgehead atoms. The third kappa shape index (κ3) is 2.16. The molecular weight excluding hydrogens is 254 g/mol. The molecule has 0 spiro atoms. The van der Waals surface area contributed by atoms with Crippen molar-refractivity contribution in [1.29, 1.82) is 0 Å². The van der Waals surface area contributed by atoms with Gasteiger partial charge in [-0.05, 0) is 38.7 Å². The average molecular weight is 273 g/mol. The predicted octanol–water partition coefficient (Wildman–Crippen LogP) is 0.895. The lowest BCUT2D eigenvalue weighted by molar-refractivity contribution is 0.0899. The summed E-state index contributed by atoms with van der Waals surface area (Å²) in [6, 6.07) is 1.86. The minimum absolute atomic E-state index is 0.155. The number of hydrogen-bond donors (Lipinski definition) is 2. The van der Waals surface area contributed by atoms with Crippen LogP contribution in [0, 0.1) is 12.8 Å². The van der Waals surface area contributed by atoms with E-state index in [1.165, 1.54) is 0 Å². The molecular formula is C14H19N5O. The van der Waals surface area contributed by atoms with Gasteiger partial charge in [-0.25, -0.2) is 9.50 Å². The van der Waals surface area contributed by atoms with Gasteiger partial charge in [0.15, 0.2) is 5.65 Å². The Balaban J connectivity index is 1.90. The van der Waals surface area contributed by atoms with Crippen molar-refractivity contribution in [3.8, 4) is 0 Å². The van der Waals surface area contributed by atoms with Gasteiger partial charge in [0.05, 0.1) is 11.7 Å². The molecule has 3 rings (SSSR count). The topological polar surface area (TPSA) is 85.3 Å². The lowest BCUT2D eigenvalue weighted by atomic mass is 9.95. The molecule has 1 amide bonds. The molecule has 2 aromatic rings. The van der Waals surface area contributed by atoms with Crippen LogP contribution in [0.1, 0.15) is 35.8 Å². The van der Waals surface area contributed by atoms with E-state index >= 15 is 0 Å². The monoisotopic (exact) mass is 273 g/mol. The molecule has 1 unspecified atom stereocenters. The number of aryl methyl sites for hydroxylation is 1. The number of hydrogen-bond acceptors (Lipinski definition) is 4. The third-order valence-corrected chi connectivity index (χ3v) is 4.05. The van der Waals surface area contributed by atoms with Gasteiger partial charge >= 0.3 is 0 Å². The Labute approximate surface area is 117 Å². The summed E-state index contributed by atoms with van der Waals surface area (Å²) in [5, 5.41) is 7.22. The number of amides is 1. The number of rotatable bonds is 4. The van der Waals surface area contributed by atoms with Crippen LogP contribution >= 0.6 is 0 Å². The van der Waals surface area contributed by atoms with Gasteiger partial charge in [-0.2, -0.15) is 5.10 Å². The fourth-order valence-electron chi connectivity index (χ4n) is 2.49. The number of aromatic nitrogens is 3. The van der Waals surface area contributed by atoms with Gasteiger partial charge in [-0.15, -0.1) is 0 Å². The fraction of sp³-hybridized carbons (Fsp3) is 0.500. The molecule has 0 saturated heterocycles. The Kier molecular flexibility index (Phi) is 2.97. The van der Waals surface area contributed by atoms with E-state index < -0.39 is 0 Å². The van der Waals surface area contributed by atoms with Crippen molar-refractivity contribution < 1.29 is 4.79 Å². The number of nitrogens with two attached hydrogens (primary N) is 1. The van der Waals surface area contributed by atoms with E-state index in [0.717, 1.165) is 18.5 Å². The highest BCUT2D eigenvalue weighted by Crippen LogP contribution is 2.39. The Morgan fingerprint density at radius 2 is 2.35 bits per heavy atom. The molecule has 3 N–H and O–H groups in total. The molecule has 2 aromatic heterocycles. The molecule has 2 heterocycles. The maximum absolute atomic E-state index is 12.5. The van der Waals surface area contributed by atoms with Gasteiger partial charge in [-0.3, -0.25) is 4.79 Å². The minimum Gasteiger partial charge on any atom is -0.345 e. The molecule has 106 valence electrons. The van der Waals surface area contributed by atoms with Gasteiger partial charge in [0, 0.05) is 18.4 Å². The molecule has 6 nitrogen and oxygen atoms in total. The summed E-state index contributed by atoms with van der Waals surface area (Å²) >= 11 is 0. The zero-order valence-electron chi connectivity index (χ0n) is 11.8. The van der Waals surface area contributed by atoms with Crippen molar-refractivity contribution >= 4 is 11.6 Å². The standard InChI is InChI=1S/C14H19N5O/c1-9-5-6-19-12(17-9)11(7-16-19)13(20)18-14(2,8-15)10-3-4-10/h5-7,10H,3-4,8,15H2,1-2H3,(H,18,20). The van der Waals surface area contributed by atoms with Crippen molar-refractivity contribution in [3.05, 3.63) is 29.7 Å². The predicted molar refractivity (Wildman–Crippen MR) is 75.4 cm³/mol. The zero-order chi connectivity index (χ0) is 14.3. The summed E-state index contributed by atoms with van der Waals surface area (Å²) in [5.74, 6) is 0.325. The van der Waals surface area contributed by atoms with E-state index in [0.29, 0.717) is 23.7 Å². The first-order valence-corrected chi connectivity index (χ1v) is 6.87. The maximum Gasteiger partial charge on any atom is 0.257 e. The van der Waals surface area contributed by atoms with E-state index in [9.17, 15) is 4.79 Å². The summed E-state index contributed by atoms with van der Waals surface area (Å²) in [6.45, 7) is 4.34. The van der Waals surface area contributed by atoms with Crippen molar-refractivity contribution in [3.63, 3.8) is 0 Å². The second-order valence-corrected chi connectivity index (χ2v) is 5.75. The second-order valence-electron chi connectivity index (χ2n) is 5.75. The largest absolute Gasteiger partial charge is 0.345 e. The smallest absolute Gasteiger partial charge is 0.257 e. The highest BCUT2D eigenvalue weighted by Gasteiger charge is 2.41. The van der Waals surface area contributed by atoms with Crippen LogP contribution < -0.4 is 11.1 Å². The molecule has 1 aliphatic rings.